The van der Waals surface area contributed by atoms with E-state index >= 15 is 0 Å². The van der Waals surface area contributed by atoms with Crippen LogP contribution in [0.15, 0.2) is 11.6 Å². The van der Waals surface area contributed by atoms with Crippen molar-refractivity contribution in [2.45, 2.75) is 111 Å². The van der Waals surface area contributed by atoms with Crippen molar-refractivity contribution >= 4 is 5.97 Å². The van der Waals surface area contributed by atoms with Gasteiger partial charge in [0, 0.05) is 6.92 Å². The Kier molecular flexibility index (Phi) is 4.77. The summed E-state index contributed by atoms with van der Waals surface area (Å²) in [4.78, 5) is 11.6. The van der Waals surface area contributed by atoms with Crippen LogP contribution in [0.3, 0.4) is 0 Å². The fourth-order valence-corrected chi connectivity index (χ4v) is 8.81. The maximum Gasteiger partial charge on any atom is 0.302 e. The van der Waals surface area contributed by atoms with Crippen molar-refractivity contribution in [3.05, 3.63) is 11.6 Å². The molecule has 9 atom stereocenters. The highest BCUT2D eigenvalue weighted by Crippen LogP contribution is 2.69. The fraction of sp³-hybridized carbons (Fsp3) is 0.885. The molecule has 0 aromatic rings. The van der Waals surface area contributed by atoms with Crippen molar-refractivity contribution in [3.8, 4) is 0 Å². The SMILES string of the molecule is CC=C1CCC2C3C(CC[C@]12C)[C@@]1(C)CC[C@@H](OC(C)=O)CC1[C@H]1OC(C)(C)O[C@H]31. The molecule has 0 bridgehead atoms. The quantitative estimate of drug-likeness (QED) is 0.409. The van der Waals surface area contributed by atoms with Crippen LogP contribution >= 0.6 is 0 Å². The lowest BCUT2D eigenvalue weighted by molar-refractivity contribution is -0.190. The van der Waals surface area contributed by atoms with Gasteiger partial charge in [-0.25, -0.2) is 0 Å². The molecule has 4 unspecified atom stereocenters. The summed E-state index contributed by atoms with van der Waals surface area (Å²) in [6.45, 7) is 13.0. The van der Waals surface area contributed by atoms with Gasteiger partial charge in [0.15, 0.2) is 5.79 Å². The van der Waals surface area contributed by atoms with Crippen molar-refractivity contribution in [1.29, 1.82) is 0 Å². The van der Waals surface area contributed by atoms with E-state index in [9.17, 15) is 4.79 Å². The Bertz CT molecular complexity index is 756. The number of rotatable bonds is 1. The van der Waals surface area contributed by atoms with Gasteiger partial charge in [-0.1, -0.05) is 25.5 Å². The third kappa shape index (κ3) is 2.88. The van der Waals surface area contributed by atoms with Gasteiger partial charge in [0.05, 0.1) is 12.2 Å². The smallest absolute Gasteiger partial charge is 0.302 e. The summed E-state index contributed by atoms with van der Waals surface area (Å²) in [6, 6.07) is 0. The van der Waals surface area contributed by atoms with Gasteiger partial charge < -0.3 is 14.2 Å². The molecule has 0 N–H and O–H groups in total. The third-order valence-electron chi connectivity index (χ3n) is 10.0. The molecule has 4 saturated carbocycles. The Labute approximate surface area is 182 Å². The van der Waals surface area contributed by atoms with Crippen LogP contribution in [0.5, 0.6) is 0 Å². The van der Waals surface area contributed by atoms with E-state index in [1.54, 1.807) is 5.57 Å². The Morgan fingerprint density at radius 3 is 2.43 bits per heavy atom. The largest absolute Gasteiger partial charge is 0.463 e. The minimum absolute atomic E-state index is 0.0278. The van der Waals surface area contributed by atoms with Crippen molar-refractivity contribution in [1.82, 2.24) is 0 Å². The lowest BCUT2D eigenvalue weighted by atomic mass is 9.43. The molecule has 4 heteroatoms. The first-order valence-corrected chi connectivity index (χ1v) is 12.3. The Morgan fingerprint density at radius 1 is 1.00 bits per heavy atom. The summed E-state index contributed by atoms with van der Waals surface area (Å²) in [5.74, 6) is 1.64. The second kappa shape index (κ2) is 6.81. The summed E-state index contributed by atoms with van der Waals surface area (Å²) in [5, 5.41) is 0. The predicted molar refractivity (Wildman–Crippen MR) is 116 cm³/mol. The summed E-state index contributed by atoms with van der Waals surface area (Å²) < 4.78 is 19.0. The molecular formula is C26H40O4. The Hall–Kier alpha value is -0.870. The van der Waals surface area contributed by atoms with Gasteiger partial charge in [0.2, 0.25) is 0 Å². The first-order valence-electron chi connectivity index (χ1n) is 12.3. The minimum Gasteiger partial charge on any atom is -0.463 e. The second-order valence-corrected chi connectivity index (χ2v) is 11.8. The highest BCUT2D eigenvalue weighted by Gasteiger charge is 2.68. The summed E-state index contributed by atoms with van der Waals surface area (Å²) >= 11 is 0. The van der Waals surface area contributed by atoms with Gasteiger partial charge in [0.1, 0.15) is 6.10 Å². The molecule has 0 aromatic heterocycles. The van der Waals surface area contributed by atoms with E-state index in [2.05, 4.69) is 40.7 Å². The zero-order chi connectivity index (χ0) is 21.5. The molecule has 5 aliphatic rings. The lowest BCUT2D eigenvalue weighted by Crippen LogP contribution is -2.63. The monoisotopic (exact) mass is 416 g/mol. The molecule has 0 aromatic carbocycles. The molecule has 5 rings (SSSR count). The van der Waals surface area contributed by atoms with Crippen LogP contribution in [0.1, 0.15) is 86.5 Å². The van der Waals surface area contributed by atoms with E-state index < -0.39 is 5.79 Å². The van der Waals surface area contributed by atoms with Gasteiger partial charge in [0.25, 0.3) is 0 Å². The molecule has 0 amide bonds. The van der Waals surface area contributed by atoms with E-state index in [1.807, 2.05) is 0 Å². The Morgan fingerprint density at radius 2 is 1.73 bits per heavy atom. The van der Waals surface area contributed by atoms with Crippen LogP contribution in [-0.2, 0) is 19.0 Å². The molecule has 1 aliphatic heterocycles. The van der Waals surface area contributed by atoms with Gasteiger partial charge >= 0.3 is 5.97 Å². The predicted octanol–water partition coefficient (Wildman–Crippen LogP) is 5.65. The van der Waals surface area contributed by atoms with Crippen LogP contribution in [-0.4, -0.2) is 30.1 Å². The molecule has 30 heavy (non-hydrogen) atoms. The van der Waals surface area contributed by atoms with Gasteiger partial charge in [-0.05, 0) is 100 Å². The summed E-state index contributed by atoms with van der Waals surface area (Å²) in [5.41, 5.74) is 2.24. The maximum absolute atomic E-state index is 11.6. The van der Waals surface area contributed by atoms with Gasteiger partial charge in [-0.2, -0.15) is 0 Å². The average molecular weight is 417 g/mol. The van der Waals surface area contributed by atoms with Crippen molar-refractivity contribution < 1.29 is 19.0 Å². The molecule has 1 heterocycles. The molecule has 1 saturated heterocycles. The van der Waals surface area contributed by atoms with Crippen molar-refractivity contribution in [3.63, 3.8) is 0 Å². The first kappa shape index (κ1) is 21.0. The van der Waals surface area contributed by atoms with Crippen LogP contribution in [0.4, 0.5) is 0 Å². The fourth-order valence-electron chi connectivity index (χ4n) is 8.81. The molecule has 5 fully saturated rings. The first-order chi connectivity index (χ1) is 14.1. The highest BCUT2D eigenvalue weighted by atomic mass is 16.8. The third-order valence-corrected chi connectivity index (χ3v) is 10.0. The van der Waals surface area contributed by atoms with Crippen LogP contribution in [0.25, 0.3) is 0 Å². The van der Waals surface area contributed by atoms with E-state index in [0.717, 1.165) is 19.3 Å². The molecule has 4 nitrogen and oxygen atoms in total. The van der Waals surface area contributed by atoms with Crippen LogP contribution in [0.2, 0.25) is 0 Å². The number of ether oxygens (including phenoxy) is 3. The lowest BCUT2D eigenvalue weighted by Gasteiger charge is -2.63. The number of carbonyl (C=O) groups excluding carboxylic acids is 1. The van der Waals surface area contributed by atoms with Gasteiger partial charge in [-0.3, -0.25) is 4.79 Å². The van der Waals surface area contributed by atoms with Crippen LogP contribution < -0.4 is 0 Å². The molecule has 0 spiro atoms. The molecule has 168 valence electrons. The minimum atomic E-state index is -0.532. The summed E-state index contributed by atoms with van der Waals surface area (Å²) in [6.07, 6.45) is 10.9. The number of allylic oxidation sites excluding steroid dienone is 2. The van der Waals surface area contributed by atoms with E-state index in [4.69, 9.17) is 14.2 Å². The van der Waals surface area contributed by atoms with E-state index in [-0.39, 0.29) is 29.7 Å². The number of carbonyl (C=O) groups is 1. The zero-order valence-corrected chi connectivity index (χ0v) is 19.7. The second-order valence-electron chi connectivity index (χ2n) is 11.8. The van der Waals surface area contributed by atoms with E-state index in [0.29, 0.717) is 29.1 Å². The van der Waals surface area contributed by atoms with Crippen molar-refractivity contribution in [2.24, 2.45) is 34.5 Å². The van der Waals surface area contributed by atoms with Crippen molar-refractivity contribution in [2.75, 3.05) is 0 Å². The topological polar surface area (TPSA) is 44.8 Å². The number of esters is 1. The average Bonchev–Trinajstić information content (AvgIpc) is 3.17. The molecular weight excluding hydrogens is 376 g/mol. The number of hydrogen-bond donors (Lipinski definition) is 0. The highest BCUT2D eigenvalue weighted by molar-refractivity contribution is 5.66. The molecule has 0 radical (unpaired) electrons. The van der Waals surface area contributed by atoms with E-state index in [1.165, 1.54) is 32.6 Å². The number of hydrogen-bond acceptors (Lipinski definition) is 4. The number of fused-ring (bicyclic) bond motifs is 8. The normalized spacial score (nSPS) is 52.9. The maximum atomic E-state index is 11.6. The summed E-state index contributed by atoms with van der Waals surface area (Å²) in [7, 11) is 0. The Balaban J connectivity index is 1.53. The zero-order valence-electron chi connectivity index (χ0n) is 19.7. The van der Waals surface area contributed by atoms with Gasteiger partial charge in [-0.15, -0.1) is 0 Å². The standard InChI is InChI=1S/C26H40O4/c1-7-16-8-9-18-21-19(11-13-25(16,18)5)26(6)12-10-17(28-15(2)27)14-20(26)22-23(21)30-24(3,4)29-22/h7,17-23H,8-14H2,1-6H3/t17-,18?,19?,20?,21?,22-,23-,25-,26-/m1/s1. The van der Waals surface area contributed by atoms with Crippen LogP contribution in [0, 0.1) is 34.5 Å². The molecule has 4 aliphatic carbocycles.